The van der Waals surface area contributed by atoms with Gasteiger partial charge in [-0.05, 0) is 50.2 Å². The molecule has 0 N–H and O–H groups in total. The predicted octanol–water partition coefficient (Wildman–Crippen LogP) is 4.19. The first-order valence-electron chi connectivity index (χ1n) is 7.36. The van der Waals surface area contributed by atoms with Gasteiger partial charge >= 0.3 is 0 Å². The summed E-state index contributed by atoms with van der Waals surface area (Å²) in [6.07, 6.45) is 1.61. The Balaban J connectivity index is 2.40. The average molecular weight is 356 g/mol. The van der Waals surface area contributed by atoms with E-state index in [1.807, 2.05) is 13.8 Å². The molecule has 23 heavy (non-hydrogen) atoms. The highest BCUT2D eigenvalue weighted by molar-refractivity contribution is 8.18. The van der Waals surface area contributed by atoms with E-state index in [4.69, 9.17) is 21.1 Å². The smallest absolute Gasteiger partial charge is 0.293 e. The molecule has 0 spiro atoms. The van der Waals surface area contributed by atoms with Crippen molar-refractivity contribution in [3.63, 3.8) is 0 Å². The van der Waals surface area contributed by atoms with E-state index in [-0.39, 0.29) is 11.1 Å². The molecule has 124 valence electrons. The first-order chi connectivity index (χ1) is 11.0. The predicted molar refractivity (Wildman–Crippen MR) is 92.1 cm³/mol. The summed E-state index contributed by atoms with van der Waals surface area (Å²) in [5.41, 5.74) is 0.611. The van der Waals surface area contributed by atoms with E-state index in [2.05, 4.69) is 0 Å². The Kier molecular flexibility index (Phi) is 5.96. The lowest BCUT2D eigenvalue weighted by molar-refractivity contribution is -0.122. The van der Waals surface area contributed by atoms with Crippen molar-refractivity contribution in [3.05, 3.63) is 27.6 Å². The van der Waals surface area contributed by atoms with Gasteiger partial charge in [-0.2, -0.15) is 0 Å². The summed E-state index contributed by atoms with van der Waals surface area (Å²) in [6.45, 7) is 6.83. The van der Waals surface area contributed by atoms with Crippen LogP contribution in [0.5, 0.6) is 11.5 Å². The van der Waals surface area contributed by atoms with Crippen molar-refractivity contribution in [1.29, 1.82) is 0 Å². The first-order valence-corrected chi connectivity index (χ1v) is 8.55. The maximum atomic E-state index is 12.2. The molecule has 0 aromatic heterocycles. The van der Waals surface area contributed by atoms with Gasteiger partial charge in [0, 0.05) is 12.6 Å². The summed E-state index contributed by atoms with van der Waals surface area (Å²) in [5, 5.41) is 0.163. The topological polar surface area (TPSA) is 55.8 Å². The molecule has 1 aliphatic heterocycles. The second-order valence-corrected chi connectivity index (χ2v) is 6.01. The standard InChI is InChI=1S/C16H18ClNO4S/c1-4-18-15(19)14(23-16(18)20)8-10-7-12(21-5-2)13(22-6-3)9-11(10)17/h7-9H,4-6H2,1-3H3/b14-8+. The second kappa shape index (κ2) is 7.75. The molecule has 0 atom stereocenters. The van der Waals surface area contributed by atoms with Crippen molar-refractivity contribution >= 4 is 40.6 Å². The van der Waals surface area contributed by atoms with E-state index in [0.717, 1.165) is 11.8 Å². The van der Waals surface area contributed by atoms with Crippen LogP contribution < -0.4 is 9.47 Å². The molecule has 1 saturated heterocycles. The van der Waals surface area contributed by atoms with Crippen molar-refractivity contribution < 1.29 is 19.1 Å². The lowest BCUT2D eigenvalue weighted by Crippen LogP contribution is -2.27. The Hall–Kier alpha value is -1.66. The number of thioether (sulfide) groups is 1. The molecule has 2 rings (SSSR count). The molecule has 1 aliphatic rings. The monoisotopic (exact) mass is 355 g/mol. The number of amides is 2. The van der Waals surface area contributed by atoms with Crippen LogP contribution in [0.25, 0.3) is 6.08 Å². The van der Waals surface area contributed by atoms with E-state index >= 15 is 0 Å². The Bertz CT molecular complexity index is 660. The Morgan fingerprint density at radius 3 is 2.26 bits per heavy atom. The third-order valence-electron chi connectivity index (χ3n) is 3.14. The molecule has 0 unspecified atom stereocenters. The fourth-order valence-corrected chi connectivity index (χ4v) is 3.21. The van der Waals surface area contributed by atoms with Crippen LogP contribution in [0.15, 0.2) is 17.0 Å². The van der Waals surface area contributed by atoms with Gasteiger partial charge in [0.15, 0.2) is 11.5 Å². The van der Waals surface area contributed by atoms with Crippen molar-refractivity contribution in [1.82, 2.24) is 4.90 Å². The Morgan fingerprint density at radius 2 is 1.74 bits per heavy atom. The maximum Gasteiger partial charge on any atom is 0.293 e. The normalized spacial score (nSPS) is 16.3. The zero-order valence-electron chi connectivity index (χ0n) is 13.2. The van der Waals surface area contributed by atoms with E-state index in [1.165, 1.54) is 4.90 Å². The van der Waals surface area contributed by atoms with E-state index in [0.29, 0.717) is 46.7 Å². The maximum absolute atomic E-state index is 12.2. The number of carbonyl (C=O) groups is 2. The van der Waals surface area contributed by atoms with Crippen LogP contribution in [0, 0.1) is 0 Å². The van der Waals surface area contributed by atoms with Crippen molar-refractivity contribution in [2.45, 2.75) is 20.8 Å². The lowest BCUT2D eigenvalue weighted by atomic mass is 10.1. The number of halogens is 1. The van der Waals surface area contributed by atoms with Crippen LogP contribution in [0.4, 0.5) is 4.79 Å². The number of nitrogens with zero attached hydrogens (tertiary/aromatic N) is 1. The molecule has 2 amide bonds. The van der Waals surface area contributed by atoms with Crippen molar-refractivity contribution in [2.24, 2.45) is 0 Å². The molecule has 1 aromatic rings. The van der Waals surface area contributed by atoms with Crippen LogP contribution in [0.2, 0.25) is 5.02 Å². The van der Waals surface area contributed by atoms with Gasteiger partial charge in [0.2, 0.25) is 0 Å². The van der Waals surface area contributed by atoms with Crippen LogP contribution in [-0.4, -0.2) is 35.8 Å². The van der Waals surface area contributed by atoms with Gasteiger partial charge in [-0.1, -0.05) is 11.6 Å². The Labute approximate surface area is 144 Å². The van der Waals surface area contributed by atoms with Crippen LogP contribution in [0.1, 0.15) is 26.3 Å². The Morgan fingerprint density at radius 1 is 1.13 bits per heavy atom. The molecular weight excluding hydrogens is 338 g/mol. The third-order valence-corrected chi connectivity index (χ3v) is 4.37. The number of rotatable bonds is 6. The lowest BCUT2D eigenvalue weighted by Gasteiger charge is -2.13. The average Bonchev–Trinajstić information content (AvgIpc) is 2.78. The second-order valence-electron chi connectivity index (χ2n) is 4.61. The van der Waals surface area contributed by atoms with Crippen LogP contribution in [-0.2, 0) is 4.79 Å². The molecule has 1 heterocycles. The number of ether oxygens (including phenoxy) is 2. The minimum atomic E-state index is -0.301. The zero-order valence-corrected chi connectivity index (χ0v) is 14.8. The fourth-order valence-electron chi connectivity index (χ4n) is 2.11. The van der Waals surface area contributed by atoms with Gasteiger partial charge in [0.05, 0.1) is 23.1 Å². The summed E-state index contributed by atoms with van der Waals surface area (Å²) >= 11 is 7.18. The molecule has 0 saturated carbocycles. The minimum absolute atomic E-state index is 0.268. The van der Waals surface area contributed by atoms with Gasteiger partial charge in [-0.15, -0.1) is 0 Å². The minimum Gasteiger partial charge on any atom is -0.490 e. The highest BCUT2D eigenvalue weighted by Crippen LogP contribution is 2.37. The number of benzene rings is 1. The van der Waals surface area contributed by atoms with Crippen molar-refractivity contribution in [2.75, 3.05) is 19.8 Å². The third kappa shape index (κ3) is 3.82. The zero-order chi connectivity index (χ0) is 17.0. The molecule has 0 radical (unpaired) electrons. The first kappa shape index (κ1) is 17.7. The van der Waals surface area contributed by atoms with E-state index in [1.54, 1.807) is 25.1 Å². The molecule has 0 aliphatic carbocycles. The van der Waals surface area contributed by atoms with Gasteiger partial charge in [-0.3, -0.25) is 14.5 Å². The number of hydrogen-bond donors (Lipinski definition) is 0. The van der Waals surface area contributed by atoms with Gasteiger partial charge in [0.1, 0.15) is 0 Å². The SMILES string of the molecule is CCOc1cc(Cl)c(/C=C2/SC(=O)N(CC)C2=O)cc1OCC. The van der Waals surface area contributed by atoms with Crippen LogP contribution in [0.3, 0.4) is 0 Å². The molecule has 1 fully saturated rings. The van der Waals surface area contributed by atoms with E-state index < -0.39 is 0 Å². The summed E-state index contributed by atoms with van der Waals surface area (Å²) in [5.74, 6) is 0.809. The fraction of sp³-hybridized carbons (Fsp3) is 0.375. The number of imide groups is 1. The summed E-state index contributed by atoms with van der Waals surface area (Å²) < 4.78 is 11.1. The number of carbonyl (C=O) groups excluding carboxylic acids is 2. The van der Waals surface area contributed by atoms with Gasteiger partial charge < -0.3 is 9.47 Å². The quantitative estimate of drug-likeness (QED) is 0.716. The largest absolute Gasteiger partial charge is 0.490 e. The van der Waals surface area contributed by atoms with Crippen LogP contribution >= 0.6 is 23.4 Å². The van der Waals surface area contributed by atoms with E-state index in [9.17, 15) is 9.59 Å². The summed E-state index contributed by atoms with van der Waals surface area (Å²) in [7, 11) is 0. The summed E-state index contributed by atoms with van der Waals surface area (Å²) in [6, 6.07) is 3.38. The molecule has 7 heteroatoms. The van der Waals surface area contributed by atoms with Gasteiger partial charge in [-0.25, -0.2) is 0 Å². The van der Waals surface area contributed by atoms with Crippen molar-refractivity contribution in [3.8, 4) is 11.5 Å². The van der Waals surface area contributed by atoms with Gasteiger partial charge in [0.25, 0.3) is 11.1 Å². The molecule has 5 nitrogen and oxygen atoms in total. The molecule has 0 bridgehead atoms. The molecular formula is C16H18ClNO4S. The highest BCUT2D eigenvalue weighted by atomic mass is 35.5. The highest BCUT2D eigenvalue weighted by Gasteiger charge is 2.33. The summed E-state index contributed by atoms with van der Waals surface area (Å²) in [4.78, 5) is 25.5. The number of likely N-dealkylation sites (N-methyl/N-ethyl adjacent to an activating group) is 1. The number of hydrogen-bond acceptors (Lipinski definition) is 5. The molecule has 1 aromatic carbocycles.